The van der Waals surface area contributed by atoms with Crippen molar-refractivity contribution in [2.24, 2.45) is 7.05 Å². The fraction of sp³-hybridized carbons (Fsp3) is 0.227. The van der Waals surface area contributed by atoms with Crippen molar-refractivity contribution < 1.29 is 36.6 Å². The van der Waals surface area contributed by atoms with Crippen molar-refractivity contribution in [2.45, 2.75) is 19.4 Å². The fourth-order valence-corrected chi connectivity index (χ4v) is 3.16. The van der Waals surface area contributed by atoms with Crippen LogP contribution >= 0.6 is 11.6 Å². The average Bonchev–Trinajstić information content (AvgIpc) is 2.78. The summed E-state index contributed by atoms with van der Waals surface area (Å²) in [5.41, 5.74) is -5.20. The number of esters is 1. The normalized spacial score (nSPS) is 12.2. The summed E-state index contributed by atoms with van der Waals surface area (Å²) in [7, 11) is 0.775. The van der Waals surface area contributed by atoms with Crippen LogP contribution in [0.3, 0.4) is 0 Å². The summed E-state index contributed by atoms with van der Waals surface area (Å²) in [6.45, 7) is 1.50. The number of rotatable bonds is 7. The molecule has 1 atom stereocenters. The smallest absolute Gasteiger partial charge is 0.431 e. The topological polar surface area (TPSA) is 88.8 Å². The van der Waals surface area contributed by atoms with Gasteiger partial charge in [-0.2, -0.15) is 13.2 Å². The monoisotopic (exact) mass is 516 g/mol. The van der Waals surface area contributed by atoms with E-state index in [1.54, 1.807) is 18.2 Å². The summed E-state index contributed by atoms with van der Waals surface area (Å²) < 4.78 is 70.3. The highest BCUT2D eigenvalue weighted by Crippen LogP contribution is 2.31. The number of carbonyl (C=O) groups is 1. The van der Waals surface area contributed by atoms with Crippen molar-refractivity contribution >= 4 is 17.6 Å². The molecule has 1 heterocycles. The quantitative estimate of drug-likeness (QED) is 0.270. The molecular weight excluding hydrogens is 500 g/mol. The van der Waals surface area contributed by atoms with Crippen molar-refractivity contribution in [2.75, 3.05) is 6.61 Å². The molecule has 0 aliphatic rings. The highest BCUT2D eigenvalue weighted by atomic mass is 35.5. The number of alkyl halides is 3. The Balaban J connectivity index is 2.09. The molecule has 3 aromatic rings. The van der Waals surface area contributed by atoms with Crippen molar-refractivity contribution in [1.82, 2.24) is 9.13 Å². The van der Waals surface area contributed by atoms with E-state index in [1.165, 1.54) is 19.1 Å². The summed E-state index contributed by atoms with van der Waals surface area (Å²) in [5, 5.41) is -0.381. The number of hydrogen-bond donors (Lipinski definition) is 0. The fourth-order valence-electron chi connectivity index (χ4n) is 2.97. The summed E-state index contributed by atoms with van der Waals surface area (Å²) in [4.78, 5) is 37.3. The molecule has 8 nitrogen and oxygen atoms in total. The molecule has 0 fully saturated rings. The van der Waals surface area contributed by atoms with Crippen LogP contribution in [-0.2, 0) is 22.8 Å². The van der Waals surface area contributed by atoms with E-state index in [1.807, 2.05) is 0 Å². The Hall–Kier alpha value is -3.80. The van der Waals surface area contributed by atoms with Gasteiger partial charge in [0.25, 0.3) is 5.56 Å². The van der Waals surface area contributed by atoms with Crippen LogP contribution in [0.4, 0.5) is 17.6 Å². The van der Waals surface area contributed by atoms with Crippen LogP contribution in [0.25, 0.3) is 5.69 Å². The first-order valence-corrected chi connectivity index (χ1v) is 10.3. The van der Waals surface area contributed by atoms with E-state index in [-0.39, 0.29) is 32.6 Å². The zero-order valence-electron chi connectivity index (χ0n) is 18.1. The number of benzene rings is 2. The number of hydrogen-bond acceptors (Lipinski definition) is 6. The maximum atomic E-state index is 14.7. The van der Waals surface area contributed by atoms with Gasteiger partial charge in [0, 0.05) is 19.2 Å². The van der Waals surface area contributed by atoms with Crippen LogP contribution in [0.1, 0.15) is 12.6 Å². The van der Waals surface area contributed by atoms with E-state index in [0.717, 1.165) is 13.1 Å². The molecule has 0 saturated heterocycles. The number of nitrogens with zero attached hydrogens (tertiary/aromatic N) is 2. The summed E-state index contributed by atoms with van der Waals surface area (Å²) >= 11 is 6.02. The first kappa shape index (κ1) is 25.8. The number of aromatic nitrogens is 2. The Morgan fingerprint density at radius 1 is 1.09 bits per heavy atom. The minimum atomic E-state index is -5.00. The molecule has 0 aliphatic carbocycles. The zero-order valence-corrected chi connectivity index (χ0v) is 18.9. The second-order valence-corrected chi connectivity index (χ2v) is 7.32. The van der Waals surface area contributed by atoms with Crippen LogP contribution in [0, 0.1) is 5.82 Å². The summed E-state index contributed by atoms with van der Waals surface area (Å²) in [6, 6.07) is 9.56. The highest BCUT2D eigenvalue weighted by molar-refractivity contribution is 6.32. The molecule has 1 unspecified atom stereocenters. The molecule has 0 saturated carbocycles. The predicted molar refractivity (Wildman–Crippen MR) is 115 cm³/mol. The van der Waals surface area contributed by atoms with E-state index in [4.69, 9.17) is 25.8 Å². The minimum Gasteiger partial charge on any atom is -0.460 e. The molecule has 0 N–H and O–H groups in total. The first-order chi connectivity index (χ1) is 16.4. The van der Waals surface area contributed by atoms with Gasteiger partial charge in [0.1, 0.15) is 23.0 Å². The maximum absolute atomic E-state index is 14.7. The van der Waals surface area contributed by atoms with E-state index >= 15 is 0 Å². The summed E-state index contributed by atoms with van der Waals surface area (Å²) in [5.74, 6) is -2.39. The van der Waals surface area contributed by atoms with Crippen LogP contribution in [0.2, 0.25) is 5.02 Å². The lowest BCUT2D eigenvalue weighted by atomic mass is 10.2. The molecular formula is C22H17ClF4N2O6. The third-order valence-electron chi connectivity index (χ3n) is 4.55. The molecule has 0 amide bonds. The second-order valence-electron chi connectivity index (χ2n) is 6.91. The van der Waals surface area contributed by atoms with E-state index in [0.29, 0.717) is 6.07 Å². The summed E-state index contributed by atoms with van der Waals surface area (Å²) in [6.07, 6.45) is -6.74. The van der Waals surface area contributed by atoms with Gasteiger partial charge in [-0.15, -0.1) is 0 Å². The van der Waals surface area contributed by atoms with Crippen LogP contribution in [-0.4, -0.2) is 28.0 Å². The van der Waals surface area contributed by atoms with Crippen LogP contribution < -0.4 is 20.7 Å². The largest absolute Gasteiger partial charge is 0.460 e. The Morgan fingerprint density at radius 3 is 2.34 bits per heavy atom. The average molecular weight is 517 g/mol. The second kappa shape index (κ2) is 10.2. The minimum absolute atomic E-state index is 0.0315. The van der Waals surface area contributed by atoms with E-state index in [2.05, 4.69) is 0 Å². The van der Waals surface area contributed by atoms with Crippen LogP contribution in [0.15, 0.2) is 58.1 Å². The zero-order chi connectivity index (χ0) is 25.9. The SMILES string of the molecule is CCOC(=O)C(Oc1ccccc1)Oc1cc(-n2c(=O)cc(C(F)(F)F)n(C)c2=O)c(F)cc1Cl. The Labute approximate surface area is 199 Å². The van der Waals surface area contributed by atoms with Crippen molar-refractivity contribution in [1.29, 1.82) is 0 Å². The molecule has 3 rings (SSSR count). The molecule has 2 aromatic carbocycles. The molecule has 0 radical (unpaired) electrons. The number of carbonyl (C=O) groups excluding carboxylic acids is 1. The van der Waals surface area contributed by atoms with Gasteiger partial charge >= 0.3 is 24.1 Å². The number of ether oxygens (including phenoxy) is 3. The Morgan fingerprint density at radius 2 is 1.74 bits per heavy atom. The molecule has 0 bridgehead atoms. The third kappa shape index (κ3) is 5.65. The Bertz CT molecular complexity index is 1360. The van der Waals surface area contributed by atoms with Gasteiger partial charge < -0.3 is 14.2 Å². The van der Waals surface area contributed by atoms with Gasteiger partial charge in [-0.1, -0.05) is 29.8 Å². The molecule has 186 valence electrons. The van der Waals surface area contributed by atoms with Crippen molar-refractivity contribution in [3.63, 3.8) is 0 Å². The molecule has 13 heteroatoms. The molecule has 0 spiro atoms. The van der Waals surface area contributed by atoms with Gasteiger partial charge in [-0.05, 0) is 25.1 Å². The van der Waals surface area contributed by atoms with Crippen LogP contribution in [0.5, 0.6) is 11.5 Å². The van der Waals surface area contributed by atoms with Gasteiger partial charge in [-0.25, -0.2) is 18.5 Å². The lowest BCUT2D eigenvalue weighted by molar-refractivity contribution is -0.165. The van der Waals surface area contributed by atoms with Gasteiger partial charge in [0.2, 0.25) is 0 Å². The lowest BCUT2D eigenvalue weighted by Crippen LogP contribution is -2.41. The Kier molecular flexibility index (Phi) is 7.54. The standard InChI is InChI=1S/C22H17ClF4N2O6/c1-3-33-19(31)20(34-12-7-5-4-6-8-12)35-16-10-15(14(24)9-13(16)23)29-18(30)11-17(22(25,26)27)28(2)21(29)32/h4-11,20H,3H2,1-2H3. The van der Waals surface area contributed by atoms with E-state index < -0.39 is 52.6 Å². The van der Waals surface area contributed by atoms with Gasteiger partial charge in [0.05, 0.1) is 17.3 Å². The first-order valence-electron chi connectivity index (χ1n) is 9.88. The highest BCUT2D eigenvalue weighted by Gasteiger charge is 2.35. The number of halogens is 5. The van der Waals surface area contributed by atoms with Gasteiger partial charge in [-0.3, -0.25) is 9.36 Å². The number of para-hydroxylation sites is 1. The molecule has 1 aromatic heterocycles. The van der Waals surface area contributed by atoms with Crippen molar-refractivity contribution in [3.8, 4) is 17.2 Å². The van der Waals surface area contributed by atoms with E-state index in [9.17, 15) is 31.9 Å². The lowest BCUT2D eigenvalue weighted by Gasteiger charge is -2.20. The van der Waals surface area contributed by atoms with Gasteiger partial charge in [0.15, 0.2) is 0 Å². The molecule has 0 aliphatic heterocycles. The maximum Gasteiger partial charge on any atom is 0.431 e. The predicted octanol–water partition coefficient (Wildman–Crippen LogP) is 3.69. The third-order valence-corrected chi connectivity index (χ3v) is 4.85. The molecule has 35 heavy (non-hydrogen) atoms. The van der Waals surface area contributed by atoms with Crippen molar-refractivity contribution in [3.05, 3.63) is 85.9 Å².